The highest BCUT2D eigenvalue weighted by molar-refractivity contribution is 5.92. The summed E-state index contributed by atoms with van der Waals surface area (Å²) in [5, 5.41) is 15.1. The number of piperidine rings is 1. The van der Waals surface area contributed by atoms with E-state index in [1.165, 1.54) is 0 Å². The average Bonchev–Trinajstić information content (AvgIpc) is 3.11. The number of carbonyl (C=O) groups excluding carboxylic acids is 1. The maximum Gasteiger partial charge on any atom is 0.274 e. The van der Waals surface area contributed by atoms with Crippen LogP contribution in [0.5, 0.6) is 0 Å². The first-order valence-corrected chi connectivity index (χ1v) is 9.86. The molecule has 6 heteroatoms. The van der Waals surface area contributed by atoms with Crippen molar-refractivity contribution in [2.75, 3.05) is 26.7 Å². The summed E-state index contributed by atoms with van der Waals surface area (Å²) in [5.41, 5.74) is 2.83. The SMILES string of the molecule is CN1CCn2nc(C(=O)N3CCC(C(O)Cc4ccccc4)CC3)cc2C1. The molecule has 1 aromatic carbocycles. The summed E-state index contributed by atoms with van der Waals surface area (Å²) in [7, 11) is 2.09. The van der Waals surface area contributed by atoms with E-state index in [-0.39, 0.29) is 17.9 Å². The van der Waals surface area contributed by atoms with E-state index in [1.54, 1.807) is 0 Å². The van der Waals surface area contributed by atoms with Crippen LogP contribution in [-0.4, -0.2) is 63.4 Å². The number of likely N-dealkylation sites (N-methyl/N-ethyl adjacent to an activating group) is 1. The Labute approximate surface area is 160 Å². The van der Waals surface area contributed by atoms with Crippen LogP contribution in [-0.2, 0) is 19.5 Å². The van der Waals surface area contributed by atoms with Crippen molar-refractivity contribution in [3.8, 4) is 0 Å². The number of fused-ring (bicyclic) bond motifs is 1. The summed E-state index contributed by atoms with van der Waals surface area (Å²) in [6.45, 7) is 4.03. The van der Waals surface area contributed by atoms with Crippen molar-refractivity contribution in [2.24, 2.45) is 5.92 Å². The molecular formula is C21H28N4O2. The molecule has 0 bridgehead atoms. The molecule has 1 unspecified atom stereocenters. The third-order valence-corrected chi connectivity index (χ3v) is 5.87. The van der Waals surface area contributed by atoms with Crippen LogP contribution in [0.2, 0.25) is 0 Å². The number of aromatic nitrogens is 2. The van der Waals surface area contributed by atoms with Gasteiger partial charge in [0.05, 0.1) is 18.3 Å². The summed E-state index contributed by atoms with van der Waals surface area (Å²) in [4.78, 5) is 17.0. The van der Waals surface area contributed by atoms with Gasteiger partial charge in [0.2, 0.25) is 0 Å². The van der Waals surface area contributed by atoms with E-state index in [0.29, 0.717) is 25.2 Å². The fraction of sp³-hybridized carbons (Fsp3) is 0.524. The smallest absolute Gasteiger partial charge is 0.274 e. The van der Waals surface area contributed by atoms with E-state index in [1.807, 2.05) is 33.8 Å². The molecule has 27 heavy (non-hydrogen) atoms. The summed E-state index contributed by atoms with van der Waals surface area (Å²) >= 11 is 0. The van der Waals surface area contributed by atoms with E-state index in [0.717, 1.165) is 43.7 Å². The minimum Gasteiger partial charge on any atom is -0.392 e. The van der Waals surface area contributed by atoms with Crippen LogP contribution in [0.25, 0.3) is 0 Å². The highest BCUT2D eigenvalue weighted by Crippen LogP contribution is 2.24. The lowest BCUT2D eigenvalue weighted by atomic mass is 9.88. The molecule has 0 saturated carbocycles. The number of rotatable bonds is 4. The van der Waals surface area contributed by atoms with E-state index >= 15 is 0 Å². The summed E-state index contributed by atoms with van der Waals surface area (Å²) in [5.74, 6) is 0.272. The minimum absolute atomic E-state index is 0.0237. The number of aliphatic hydroxyl groups is 1. The Hall–Kier alpha value is -2.18. The molecule has 6 nitrogen and oxygen atoms in total. The summed E-state index contributed by atoms with van der Waals surface area (Å²) < 4.78 is 1.96. The van der Waals surface area contributed by atoms with Gasteiger partial charge in [-0.25, -0.2) is 0 Å². The molecule has 0 spiro atoms. The molecule has 3 heterocycles. The van der Waals surface area contributed by atoms with Gasteiger partial charge >= 0.3 is 0 Å². The zero-order chi connectivity index (χ0) is 18.8. The van der Waals surface area contributed by atoms with Crippen LogP contribution < -0.4 is 0 Å². The van der Waals surface area contributed by atoms with Gasteiger partial charge in [-0.3, -0.25) is 14.4 Å². The molecule has 1 N–H and O–H groups in total. The molecule has 0 radical (unpaired) electrons. The van der Waals surface area contributed by atoms with Gasteiger partial charge in [-0.2, -0.15) is 5.10 Å². The Morgan fingerprint density at radius 1 is 1.19 bits per heavy atom. The zero-order valence-electron chi connectivity index (χ0n) is 15.9. The van der Waals surface area contributed by atoms with Gasteiger partial charge in [-0.1, -0.05) is 30.3 Å². The van der Waals surface area contributed by atoms with Gasteiger partial charge in [0.15, 0.2) is 5.69 Å². The van der Waals surface area contributed by atoms with Crippen LogP contribution in [0, 0.1) is 5.92 Å². The maximum atomic E-state index is 12.8. The van der Waals surface area contributed by atoms with Crippen LogP contribution in [0.3, 0.4) is 0 Å². The first kappa shape index (κ1) is 18.2. The number of carbonyl (C=O) groups is 1. The number of aliphatic hydroxyl groups excluding tert-OH is 1. The largest absolute Gasteiger partial charge is 0.392 e. The van der Waals surface area contributed by atoms with Crippen molar-refractivity contribution >= 4 is 5.91 Å². The lowest BCUT2D eigenvalue weighted by Crippen LogP contribution is -2.41. The Morgan fingerprint density at radius 3 is 2.67 bits per heavy atom. The highest BCUT2D eigenvalue weighted by Gasteiger charge is 2.29. The van der Waals surface area contributed by atoms with Gasteiger partial charge in [0.1, 0.15) is 0 Å². The molecule has 2 aliphatic heterocycles. The Bertz CT molecular complexity index is 781. The standard InChI is InChI=1S/C21H28N4O2/c1-23-11-12-25-18(15-23)14-19(22-25)21(27)24-9-7-17(8-10-24)20(26)13-16-5-3-2-4-6-16/h2-6,14,17,20,26H,7-13,15H2,1H3. The van der Waals surface area contributed by atoms with Crippen molar-refractivity contribution in [3.05, 3.63) is 53.3 Å². The second kappa shape index (κ2) is 7.82. The number of likely N-dealkylation sites (tertiary alicyclic amines) is 1. The molecule has 4 rings (SSSR count). The van der Waals surface area contributed by atoms with Gasteiger partial charge in [0.25, 0.3) is 5.91 Å². The third-order valence-electron chi connectivity index (χ3n) is 5.87. The third kappa shape index (κ3) is 4.06. The predicted octanol–water partition coefficient (Wildman–Crippen LogP) is 1.78. The summed E-state index contributed by atoms with van der Waals surface area (Å²) in [6, 6.07) is 12.1. The van der Waals surface area contributed by atoms with Crippen molar-refractivity contribution in [3.63, 3.8) is 0 Å². The van der Waals surface area contributed by atoms with Crippen molar-refractivity contribution in [1.29, 1.82) is 0 Å². The van der Waals surface area contributed by atoms with Crippen molar-refractivity contribution < 1.29 is 9.90 Å². The average molecular weight is 368 g/mol. The molecule has 1 aromatic heterocycles. The molecule has 2 aliphatic rings. The summed E-state index contributed by atoms with van der Waals surface area (Å²) in [6.07, 6.45) is 2.02. The number of amides is 1. The van der Waals surface area contributed by atoms with Crippen molar-refractivity contribution in [1.82, 2.24) is 19.6 Å². The number of hydrogen-bond donors (Lipinski definition) is 1. The lowest BCUT2D eigenvalue weighted by molar-refractivity contribution is 0.0463. The fourth-order valence-electron chi connectivity index (χ4n) is 4.17. The first-order chi connectivity index (χ1) is 13.1. The maximum absolute atomic E-state index is 12.8. The fourth-order valence-corrected chi connectivity index (χ4v) is 4.17. The van der Waals surface area contributed by atoms with Crippen LogP contribution in [0.4, 0.5) is 0 Å². The predicted molar refractivity (Wildman–Crippen MR) is 103 cm³/mol. The number of hydrogen-bond acceptors (Lipinski definition) is 4. The Balaban J connectivity index is 1.33. The van der Waals surface area contributed by atoms with Gasteiger partial charge in [0, 0.05) is 26.2 Å². The van der Waals surface area contributed by atoms with Crippen molar-refractivity contribution in [2.45, 2.75) is 38.5 Å². The van der Waals surface area contributed by atoms with E-state index < -0.39 is 0 Å². The van der Waals surface area contributed by atoms with Crippen LogP contribution >= 0.6 is 0 Å². The Kier molecular flexibility index (Phi) is 5.27. The highest BCUT2D eigenvalue weighted by atomic mass is 16.3. The van der Waals surface area contributed by atoms with Crippen LogP contribution in [0.1, 0.15) is 34.6 Å². The first-order valence-electron chi connectivity index (χ1n) is 9.86. The van der Waals surface area contributed by atoms with E-state index in [4.69, 9.17) is 0 Å². The molecule has 1 fully saturated rings. The quantitative estimate of drug-likeness (QED) is 0.894. The zero-order valence-corrected chi connectivity index (χ0v) is 15.9. The van der Waals surface area contributed by atoms with Gasteiger partial charge < -0.3 is 10.0 Å². The van der Waals surface area contributed by atoms with E-state index in [9.17, 15) is 9.90 Å². The monoisotopic (exact) mass is 368 g/mol. The number of benzene rings is 1. The molecule has 1 amide bonds. The topological polar surface area (TPSA) is 61.6 Å². The van der Waals surface area contributed by atoms with Crippen LogP contribution in [0.15, 0.2) is 36.4 Å². The van der Waals surface area contributed by atoms with Gasteiger partial charge in [-0.15, -0.1) is 0 Å². The molecule has 144 valence electrons. The minimum atomic E-state index is -0.347. The Morgan fingerprint density at radius 2 is 1.93 bits per heavy atom. The lowest BCUT2D eigenvalue weighted by Gasteiger charge is -2.34. The normalized spacial score (nSPS) is 19.7. The second-order valence-electron chi connectivity index (χ2n) is 7.87. The van der Waals surface area contributed by atoms with Gasteiger partial charge in [-0.05, 0) is 43.9 Å². The molecule has 0 aliphatic carbocycles. The second-order valence-corrected chi connectivity index (χ2v) is 7.87. The molecule has 2 aromatic rings. The number of nitrogens with zero attached hydrogens (tertiary/aromatic N) is 4. The van der Waals surface area contributed by atoms with E-state index in [2.05, 4.69) is 29.2 Å². The molecule has 1 atom stereocenters. The molecule has 1 saturated heterocycles. The molecular weight excluding hydrogens is 340 g/mol.